The van der Waals surface area contributed by atoms with Crippen LogP contribution in [-0.2, 0) is 0 Å². The summed E-state index contributed by atoms with van der Waals surface area (Å²) in [6.45, 7) is 0. The van der Waals surface area contributed by atoms with Crippen molar-refractivity contribution < 1.29 is 4.42 Å². The van der Waals surface area contributed by atoms with Gasteiger partial charge in [-0.15, -0.1) is 0 Å². The smallest absolute Gasteiger partial charge is 0.227 e. The number of nitrogens with zero attached hydrogens (tertiary/aromatic N) is 2. The van der Waals surface area contributed by atoms with Gasteiger partial charge in [-0.05, 0) is 49.1 Å². The van der Waals surface area contributed by atoms with E-state index < -0.39 is 0 Å². The zero-order chi connectivity index (χ0) is 17.9. The molecule has 4 N–H and O–H groups in total. The van der Waals surface area contributed by atoms with Crippen molar-refractivity contribution in [2.24, 2.45) is 10.8 Å². The van der Waals surface area contributed by atoms with Gasteiger partial charge in [-0.1, -0.05) is 24.3 Å². The van der Waals surface area contributed by atoms with Crippen LogP contribution in [0.3, 0.4) is 0 Å². The lowest BCUT2D eigenvalue weighted by atomic mass is 10.1. The summed E-state index contributed by atoms with van der Waals surface area (Å²) in [5, 5.41) is 6.92. The van der Waals surface area contributed by atoms with Gasteiger partial charge in [-0.3, -0.25) is 0 Å². The average molecular weight is 347 g/mol. The van der Waals surface area contributed by atoms with Crippen LogP contribution in [0.4, 0.5) is 0 Å². The van der Waals surface area contributed by atoms with Gasteiger partial charge >= 0.3 is 0 Å². The van der Waals surface area contributed by atoms with E-state index in [9.17, 15) is 0 Å². The number of aromatic nitrogens is 1. The van der Waals surface area contributed by atoms with Crippen LogP contribution in [0, 0.1) is 5.53 Å². The number of hydrogen-bond donors (Lipinski definition) is 3. The molecule has 2 aromatic carbocycles. The van der Waals surface area contributed by atoms with E-state index in [1.54, 1.807) is 0 Å². The summed E-state index contributed by atoms with van der Waals surface area (Å²) < 4.78 is 5.82. The van der Waals surface area contributed by atoms with Crippen molar-refractivity contribution in [2.75, 3.05) is 0 Å². The number of nitrogens with one attached hydrogen (secondary N) is 2. The van der Waals surface area contributed by atoms with E-state index in [2.05, 4.69) is 15.4 Å². The zero-order valence-corrected chi connectivity index (χ0v) is 14.4. The van der Waals surface area contributed by atoms with Crippen molar-refractivity contribution in [3.63, 3.8) is 0 Å². The third-order valence-electron chi connectivity index (χ3n) is 4.76. The summed E-state index contributed by atoms with van der Waals surface area (Å²) >= 11 is 0. The Hall–Kier alpha value is -2.99. The summed E-state index contributed by atoms with van der Waals surface area (Å²) in [6, 6.07) is 16.2. The summed E-state index contributed by atoms with van der Waals surface area (Å²) in [5.41, 5.74) is 17.5. The molecule has 0 amide bonds. The number of para-hydroxylation sites is 2. The Kier molecular flexibility index (Phi) is 4.50. The number of nitrogens with two attached hydrogens (primary N) is 1. The lowest BCUT2D eigenvalue weighted by Gasteiger charge is -2.17. The van der Waals surface area contributed by atoms with Gasteiger partial charge in [0.2, 0.25) is 5.89 Å². The van der Waals surface area contributed by atoms with E-state index in [4.69, 9.17) is 15.7 Å². The molecule has 26 heavy (non-hydrogen) atoms. The van der Waals surface area contributed by atoms with Crippen molar-refractivity contribution in [3.8, 4) is 11.5 Å². The first-order valence-corrected chi connectivity index (χ1v) is 8.78. The van der Waals surface area contributed by atoms with Crippen molar-refractivity contribution in [1.82, 2.24) is 10.3 Å². The monoisotopic (exact) mass is 347 g/mol. The van der Waals surface area contributed by atoms with Gasteiger partial charge in [-0.25, -0.2) is 10.5 Å². The molecule has 1 saturated carbocycles. The van der Waals surface area contributed by atoms with Gasteiger partial charge in [0, 0.05) is 17.6 Å². The molecule has 6 heteroatoms. The van der Waals surface area contributed by atoms with Crippen molar-refractivity contribution in [3.05, 3.63) is 60.3 Å². The molecule has 0 unspecified atom stereocenters. The molecule has 1 aromatic heterocycles. The first-order chi connectivity index (χ1) is 12.7. The maximum Gasteiger partial charge on any atom is 0.227 e. The summed E-state index contributed by atoms with van der Waals surface area (Å²) in [6.07, 6.45) is 4.55. The van der Waals surface area contributed by atoms with Crippen LogP contribution in [-0.4, -0.2) is 17.1 Å². The molecular weight excluding hydrogens is 326 g/mol. The fraction of sp³-hybridized carbons (Fsp3) is 0.250. The first kappa shape index (κ1) is 16.5. The second-order valence-electron chi connectivity index (χ2n) is 6.65. The molecule has 1 heterocycles. The summed E-state index contributed by atoms with van der Waals surface area (Å²) in [4.78, 5) is 4.53. The number of hydrogen-bond acceptors (Lipinski definition) is 6. The summed E-state index contributed by atoms with van der Waals surface area (Å²) in [5.74, 6) is 0.600. The number of fused-ring (bicyclic) bond motifs is 1. The Morgan fingerprint density at radius 2 is 2.00 bits per heavy atom. The lowest BCUT2D eigenvalue weighted by Crippen LogP contribution is -2.27. The van der Waals surface area contributed by atoms with Crippen LogP contribution in [0.2, 0.25) is 0 Å². The van der Waals surface area contributed by atoms with Gasteiger partial charge in [-0.2, -0.15) is 5.11 Å². The highest BCUT2D eigenvalue weighted by atomic mass is 16.3. The van der Waals surface area contributed by atoms with E-state index in [0.717, 1.165) is 47.2 Å². The average Bonchev–Trinajstić information content (AvgIpc) is 3.27. The quantitative estimate of drug-likeness (QED) is 0.599. The van der Waals surface area contributed by atoms with E-state index in [0.29, 0.717) is 11.9 Å². The van der Waals surface area contributed by atoms with Gasteiger partial charge in [0.15, 0.2) is 5.58 Å². The molecule has 1 fully saturated rings. The van der Waals surface area contributed by atoms with Crippen LogP contribution in [0.15, 0.2) is 64.3 Å². The van der Waals surface area contributed by atoms with Crippen molar-refractivity contribution in [1.29, 1.82) is 5.53 Å². The van der Waals surface area contributed by atoms with Crippen LogP contribution in [0.1, 0.15) is 24.8 Å². The molecule has 0 aliphatic heterocycles. The third-order valence-corrected chi connectivity index (χ3v) is 4.76. The predicted octanol–water partition coefficient (Wildman–Crippen LogP) is 4.29. The van der Waals surface area contributed by atoms with Gasteiger partial charge < -0.3 is 15.5 Å². The molecule has 1 aliphatic carbocycles. The molecule has 0 spiro atoms. The number of benzene rings is 2. The molecule has 0 saturated heterocycles. The van der Waals surface area contributed by atoms with Crippen molar-refractivity contribution in [2.45, 2.75) is 31.3 Å². The fourth-order valence-corrected chi connectivity index (χ4v) is 3.42. The maximum atomic E-state index is 7.19. The van der Waals surface area contributed by atoms with E-state index in [-0.39, 0.29) is 6.04 Å². The first-order valence-electron chi connectivity index (χ1n) is 8.78. The number of oxazole rings is 1. The standard InChI is InChI=1S/C20H21N5O/c21-15-9-10-16(11-15)24-18(12-23-22)13-5-7-14(8-6-13)20-25-17-3-1-2-4-19(17)26-20/h1-8,12,15-16,22,24H,9-11,21H2/b18-12-,23-22?/t15-,16+/m0/s1. The number of rotatable bonds is 5. The van der Waals surface area contributed by atoms with Crippen LogP contribution in [0.5, 0.6) is 0 Å². The molecule has 1 aliphatic rings. The SMILES string of the molecule is N=N/C=C(\N[C@@H]1CC[C@H](N)C1)c1ccc(-c2nc3ccccc3o2)cc1. The molecular formula is C20H21N5O. The Morgan fingerprint density at radius 1 is 1.19 bits per heavy atom. The summed E-state index contributed by atoms with van der Waals surface area (Å²) in [7, 11) is 0. The molecule has 4 rings (SSSR count). The highest BCUT2D eigenvalue weighted by molar-refractivity contribution is 5.76. The Labute approximate surface area is 151 Å². The molecule has 2 atom stereocenters. The van der Waals surface area contributed by atoms with Crippen molar-refractivity contribution >= 4 is 16.8 Å². The maximum absolute atomic E-state index is 7.19. The molecule has 3 aromatic rings. The Balaban J connectivity index is 1.57. The van der Waals surface area contributed by atoms with Crippen LogP contribution >= 0.6 is 0 Å². The molecule has 132 valence electrons. The predicted molar refractivity (Wildman–Crippen MR) is 101 cm³/mol. The fourth-order valence-electron chi connectivity index (χ4n) is 3.42. The second kappa shape index (κ2) is 7.09. The van der Waals surface area contributed by atoms with Crippen LogP contribution < -0.4 is 11.1 Å². The lowest BCUT2D eigenvalue weighted by molar-refractivity contribution is 0.602. The Morgan fingerprint density at radius 3 is 2.69 bits per heavy atom. The highest BCUT2D eigenvalue weighted by Gasteiger charge is 2.22. The third kappa shape index (κ3) is 3.36. The highest BCUT2D eigenvalue weighted by Crippen LogP contribution is 2.26. The van der Waals surface area contributed by atoms with E-state index in [1.165, 1.54) is 6.20 Å². The topological polar surface area (TPSA) is 100 Å². The minimum Gasteiger partial charge on any atom is -0.436 e. The largest absolute Gasteiger partial charge is 0.436 e. The second-order valence-corrected chi connectivity index (χ2v) is 6.65. The van der Waals surface area contributed by atoms with Crippen LogP contribution in [0.25, 0.3) is 28.3 Å². The van der Waals surface area contributed by atoms with Gasteiger partial charge in [0.05, 0.1) is 11.9 Å². The van der Waals surface area contributed by atoms with E-state index in [1.807, 2.05) is 48.5 Å². The minimum atomic E-state index is 0.253. The normalized spacial score (nSPS) is 20.4. The van der Waals surface area contributed by atoms with Gasteiger partial charge in [0.25, 0.3) is 0 Å². The molecule has 0 radical (unpaired) electrons. The Bertz CT molecular complexity index is 911. The molecule has 0 bridgehead atoms. The van der Waals surface area contributed by atoms with Gasteiger partial charge in [0.1, 0.15) is 5.52 Å². The zero-order valence-electron chi connectivity index (χ0n) is 14.4. The van der Waals surface area contributed by atoms with E-state index >= 15 is 0 Å². The minimum absolute atomic E-state index is 0.253. The molecule has 6 nitrogen and oxygen atoms in total.